The molecule has 0 atom stereocenters. The van der Waals surface area contributed by atoms with Crippen molar-refractivity contribution in [2.45, 2.75) is 25.3 Å². The number of aromatic nitrogens is 5. The third-order valence-corrected chi connectivity index (χ3v) is 5.23. The summed E-state index contributed by atoms with van der Waals surface area (Å²) in [6.45, 7) is 0.626. The van der Waals surface area contributed by atoms with Crippen LogP contribution in [-0.2, 0) is 13.6 Å². The van der Waals surface area contributed by atoms with Crippen LogP contribution in [0.4, 0.5) is 10.6 Å². The van der Waals surface area contributed by atoms with Gasteiger partial charge in [0.2, 0.25) is 5.88 Å². The third kappa shape index (κ3) is 4.26. The molecule has 0 spiro atoms. The Morgan fingerprint density at radius 1 is 1.19 bits per heavy atom. The quantitative estimate of drug-likeness (QED) is 0.461. The van der Waals surface area contributed by atoms with Crippen molar-refractivity contribution in [1.29, 1.82) is 0 Å². The minimum Gasteiger partial charge on any atom is -0.439 e. The monoisotopic (exact) mass is 433 g/mol. The Bertz CT molecular complexity index is 1280. The van der Waals surface area contributed by atoms with E-state index in [0.29, 0.717) is 29.9 Å². The zero-order chi connectivity index (χ0) is 22.1. The summed E-state index contributed by atoms with van der Waals surface area (Å²) in [6, 6.07) is 11.0. The average molecular weight is 433 g/mol. The molecule has 10 heteroatoms. The predicted molar refractivity (Wildman–Crippen MR) is 118 cm³/mol. The number of nitrogens with zero attached hydrogens (tertiary/aromatic N) is 5. The molecule has 1 aliphatic rings. The number of ether oxygens (including phenoxy) is 1. The highest BCUT2D eigenvalue weighted by atomic mass is 16.7. The molecule has 1 aromatic carbocycles. The highest BCUT2D eigenvalue weighted by Gasteiger charge is 2.27. The highest BCUT2D eigenvalue weighted by molar-refractivity contribution is 5.86. The maximum absolute atomic E-state index is 12.4. The Morgan fingerprint density at radius 2 is 2.06 bits per heavy atom. The summed E-state index contributed by atoms with van der Waals surface area (Å²) >= 11 is 0. The lowest BCUT2D eigenvalue weighted by Gasteiger charge is -2.08. The van der Waals surface area contributed by atoms with Crippen molar-refractivity contribution in [1.82, 2.24) is 29.8 Å². The van der Waals surface area contributed by atoms with Crippen molar-refractivity contribution in [3.05, 3.63) is 60.3 Å². The normalized spacial score (nSPS) is 13.3. The number of benzene rings is 1. The second kappa shape index (κ2) is 8.31. The van der Waals surface area contributed by atoms with Crippen LogP contribution in [0.5, 0.6) is 11.6 Å². The molecule has 0 radical (unpaired) electrons. The lowest BCUT2D eigenvalue weighted by atomic mass is 10.2. The van der Waals surface area contributed by atoms with Crippen molar-refractivity contribution < 1.29 is 14.4 Å². The Balaban J connectivity index is 1.27. The summed E-state index contributed by atoms with van der Waals surface area (Å²) in [5, 5.41) is 10.9. The molecule has 32 heavy (non-hydrogen) atoms. The molecule has 1 amide bonds. The Kier molecular flexibility index (Phi) is 5.20. The molecule has 5 rings (SSSR count). The minimum absolute atomic E-state index is 0.459. The number of rotatable bonds is 7. The van der Waals surface area contributed by atoms with Crippen LogP contribution in [0.25, 0.3) is 10.9 Å². The van der Waals surface area contributed by atoms with Gasteiger partial charge in [-0.05, 0) is 44.2 Å². The molecule has 4 aromatic rings. The average Bonchev–Trinajstić information content (AvgIpc) is 3.44. The topological polar surface area (TPSA) is 108 Å². The molecule has 0 saturated heterocycles. The molecule has 1 saturated carbocycles. The summed E-state index contributed by atoms with van der Waals surface area (Å²) in [6.07, 6.45) is 4.87. The Morgan fingerprint density at radius 3 is 2.88 bits per heavy atom. The number of hydrogen-bond acceptors (Lipinski definition) is 7. The fraction of sp³-hybridized carbons (Fsp3) is 0.273. The van der Waals surface area contributed by atoms with Gasteiger partial charge >= 0.3 is 6.09 Å². The van der Waals surface area contributed by atoms with Gasteiger partial charge in [-0.2, -0.15) is 9.83 Å². The molecule has 10 nitrogen and oxygen atoms in total. The number of carbonyl (C=O) groups excluding carboxylic acids is 1. The third-order valence-electron chi connectivity index (χ3n) is 5.23. The first kappa shape index (κ1) is 20.0. The smallest absolute Gasteiger partial charge is 0.437 e. The Hall–Kier alpha value is -3.92. The SMILES string of the molecule is CNCc1cc(Oc2ccc3c(ccn3OC(=O)Nc3cc(C4CC4)n(C)n3)c2)ncn1. The highest BCUT2D eigenvalue weighted by Crippen LogP contribution is 2.40. The molecule has 0 bridgehead atoms. The molecule has 3 aromatic heterocycles. The van der Waals surface area contributed by atoms with Crippen LogP contribution in [-0.4, -0.2) is 37.6 Å². The fourth-order valence-corrected chi connectivity index (χ4v) is 3.59. The second-order valence-corrected chi connectivity index (χ2v) is 7.70. The van der Waals surface area contributed by atoms with Crippen LogP contribution >= 0.6 is 0 Å². The second-order valence-electron chi connectivity index (χ2n) is 7.70. The van der Waals surface area contributed by atoms with Gasteiger partial charge in [-0.1, -0.05) is 0 Å². The van der Waals surface area contributed by atoms with Crippen molar-refractivity contribution in [2.24, 2.45) is 7.05 Å². The van der Waals surface area contributed by atoms with E-state index in [0.717, 1.165) is 22.3 Å². The van der Waals surface area contributed by atoms with E-state index in [1.807, 2.05) is 38.4 Å². The van der Waals surface area contributed by atoms with Gasteiger partial charge in [0, 0.05) is 48.9 Å². The van der Waals surface area contributed by atoms with E-state index in [2.05, 4.69) is 25.7 Å². The van der Waals surface area contributed by atoms with Crippen LogP contribution in [0.2, 0.25) is 0 Å². The van der Waals surface area contributed by atoms with Gasteiger partial charge in [0.05, 0.1) is 11.2 Å². The molecular formula is C22H23N7O3. The number of carbonyl (C=O) groups is 1. The van der Waals surface area contributed by atoms with E-state index < -0.39 is 6.09 Å². The summed E-state index contributed by atoms with van der Waals surface area (Å²) < 4.78 is 9.08. The van der Waals surface area contributed by atoms with E-state index in [-0.39, 0.29) is 0 Å². The maximum Gasteiger partial charge on any atom is 0.437 e. The van der Waals surface area contributed by atoms with Crippen LogP contribution in [0.15, 0.2) is 48.9 Å². The van der Waals surface area contributed by atoms with Crippen LogP contribution < -0.4 is 20.2 Å². The lowest BCUT2D eigenvalue weighted by molar-refractivity contribution is 0.153. The zero-order valence-electron chi connectivity index (χ0n) is 17.8. The first-order valence-electron chi connectivity index (χ1n) is 10.4. The van der Waals surface area contributed by atoms with Crippen LogP contribution in [0.3, 0.4) is 0 Å². The van der Waals surface area contributed by atoms with Gasteiger partial charge in [0.1, 0.15) is 12.1 Å². The standard InChI is InChI=1S/C22H23N7O3/c1-23-12-16-10-21(25-13-24-16)31-17-5-6-18-15(9-17)7-8-29(18)32-22(30)26-20-11-19(14-3-4-14)28(2)27-20/h5-11,13-14,23H,3-4,12H2,1-2H3,(H,26,27,30). The van der Waals surface area contributed by atoms with E-state index in [9.17, 15) is 4.79 Å². The summed E-state index contributed by atoms with van der Waals surface area (Å²) in [4.78, 5) is 26.2. The van der Waals surface area contributed by atoms with E-state index >= 15 is 0 Å². The summed E-state index contributed by atoms with van der Waals surface area (Å²) in [5.41, 5.74) is 2.69. The number of aryl methyl sites for hydroxylation is 1. The minimum atomic E-state index is -0.610. The van der Waals surface area contributed by atoms with E-state index in [4.69, 9.17) is 9.57 Å². The largest absolute Gasteiger partial charge is 0.439 e. The van der Waals surface area contributed by atoms with Crippen molar-refractivity contribution >= 4 is 22.8 Å². The van der Waals surface area contributed by atoms with Gasteiger partial charge in [0.15, 0.2) is 5.82 Å². The molecule has 3 heterocycles. The molecule has 0 unspecified atom stereocenters. The predicted octanol–water partition coefficient (Wildman–Crippen LogP) is 3.21. The Labute approximate surface area is 184 Å². The molecule has 164 valence electrons. The zero-order valence-corrected chi connectivity index (χ0v) is 17.8. The van der Waals surface area contributed by atoms with Crippen molar-refractivity contribution in [2.75, 3.05) is 12.4 Å². The first-order chi connectivity index (χ1) is 15.6. The van der Waals surface area contributed by atoms with Crippen molar-refractivity contribution in [3.8, 4) is 11.6 Å². The number of fused-ring (bicyclic) bond motifs is 1. The summed E-state index contributed by atoms with van der Waals surface area (Å²) in [7, 11) is 3.73. The van der Waals surface area contributed by atoms with Gasteiger partial charge in [-0.15, -0.1) is 0 Å². The van der Waals surface area contributed by atoms with Gasteiger partial charge in [-0.25, -0.2) is 14.8 Å². The van der Waals surface area contributed by atoms with Crippen molar-refractivity contribution in [3.63, 3.8) is 0 Å². The number of anilines is 1. The fourth-order valence-electron chi connectivity index (χ4n) is 3.59. The first-order valence-corrected chi connectivity index (χ1v) is 10.4. The van der Waals surface area contributed by atoms with Gasteiger partial charge in [0.25, 0.3) is 0 Å². The molecule has 1 fully saturated rings. The molecular weight excluding hydrogens is 410 g/mol. The van der Waals surface area contributed by atoms with E-state index in [1.54, 1.807) is 23.0 Å². The number of nitrogens with one attached hydrogen (secondary N) is 2. The van der Waals surface area contributed by atoms with Crippen LogP contribution in [0.1, 0.15) is 30.1 Å². The molecule has 0 aliphatic heterocycles. The molecule has 2 N–H and O–H groups in total. The van der Waals surface area contributed by atoms with Gasteiger partial charge < -0.3 is 14.9 Å². The maximum atomic E-state index is 12.4. The number of amides is 1. The van der Waals surface area contributed by atoms with Gasteiger partial charge in [-0.3, -0.25) is 10.00 Å². The number of hydrogen-bond donors (Lipinski definition) is 2. The van der Waals surface area contributed by atoms with E-state index in [1.165, 1.54) is 23.9 Å². The lowest BCUT2D eigenvalue weighted by Crippen LogP contribution is -2.24. The van der Waals surface area contributed by atoms with Crippen LogP contribution in [0, 0.1) is 0 Å². The summed E-state index contributed by atoms with van der Waals surface area (Å²) in [5.74, 6) is 2.10. The molecule has 1 aliphatic carbocycles.